The molecule has 6 nitrogen and oxygen atoms in total. The van der Waals surface area contributed by atoms with Crippen molar-refractivity contribution in [2.45, 2.75) is 32.6 Å². The summed E-state index contributed by atoms with van der Waals surface area (Å²) >= 11 is 0. The number of nitrogens with one attached hydrogen (secondary N) is 1. The molecule has 1 N–H and O–H groups in total. The van der Waals surface area contributed by atoms with Crippen molar-refractivity contribution in [3.63, 3.8) is 0 Å². The molecule has 0 aromatic heterocycles. The Balaban J connectivity index is 1.94. The fourth-order valence-electron chi connectivity index (χ4n) is 4.18. The van der Waals surface area contributed by atoms with Gasteiger partial charge in [-0.15, -0.1) is 0 Å². The topological polar surface area (TPSA) is 67.9 Å². The number of likely N-dealkylation sites (tertiary alicyclic amines) is 1. The van der Waals surface area contributed by atoms with Crippen LogP contribution in [0.3, 0.4) is 0 Å². The van der Waals surface area contributed by atoms with Gasteiger partial charge in [0, 0.05) is 36.7 Å². The van der Waals surface area contributed by atoms with E-state index in [9.17, 15) is 9.59 Å². The molecule has 1 aliphatic rings. The molecule has 0 aliphatic carbocycles. The highest BCUT2D eigenvalue weighted by Gasteiger charge is 2.42. The molecule has 2 atom stereocenters. The number of amides is 2. The standard InChI is InChI=1S/C25H32N2O4/c1-5-6-13-26-24(28)22-16-27(25(29)19-10-8-7-9-17(19)2)15-21(22)20-14-18(30-3)11-12-23(20)31-4/h7-12,14,21-22H,5-6,13,15-16H2,1-4H3,(H,26,28). The first-order valence-corrected chi connectivity index (χ1v) is 10.8. The van der Waals surface area contributed by atoms with Gasteiger partial charge in [-0.3, -0.25) is 9.59 Å². The summed E-state index contributed by atoms with van der Waals surface area (Å²) in [6.45, 7) is 5.48. The Morgan fingerprint density at radius 1 is 1.10 bits per heavy atom. The molecule has 1 saturated heterocycles. The SMILES string of the molecule is CCCCNC(=O)C1CN(C(=O)c2ccccc2C)CC1c1cc(OC)ccc1OC. The number of rotatable bonds is 8. The van der Waals surface area contributed by atoms with Crippen LogP contribution >= 0.6 is 0 Å². The molecule has 2 unspecified atom stereocenters. The van der Waals surface area contributed by atoms with E-state index in [1.165, 1.54) is 0 Å². The molecular formula is C25H32N2O4. The lowest BCUT2D eigenvalue weighted by molar-refractivity contribution is -0.124. The summed E-state index contributed by atoms with van der Waals surface area (Å²) in [5.74, 6) is 0.787. The Hall–Kier alpha value is -3.02. The van der Waals surface area contributed by atoms with Crippen LogP contribution in [0.2, 0.25) is 0 Å². The molecule has 0 saturated carbocycles. The second-order valence-corrected chi connectivity index (χ2v) is 7.99. The summed E-state index contributed by atoms with van der Waals surface area (Å²) in [4.78, 5) is 28.2. The molecule has 0 spiro atoms. The molecule has 0 radical (unpaired) electrons. The zero-order chi connectivity index (χ0) is 22.4. The van der Waals surface area contributed by atoms with Gasteiger partial charge in [0.25, 0.3) is 5.91 Å². The minimum Gasteiger partial charge on any atom is -0.497 e. The van der Waals surface area contributed by atoms with E-state index in [0.717, 1.165) is 24.0 Å². The number of carbonyl (C=O) groups is 2. The van der Waals surface area contributed by atoms with Crippen molar-refractivity contribution in [3.8, 4) is 11.5 Å². The maximum atomic E-state index is 13.3. The first-order valence-electron chi connectivity index (χ1n) is 10.8. The molecule has 166 valence electrons. The largest absolute Gasteiger partial charge is 0.497 e. The Kier molecular flexibility index (Phi) is 7.55. The van der Waals surface area contributed by atoms with E-state index in [4.69, 9.17) is 9.47 Å². The molecular weight excluding hydrogens is 392 g/mol. The van der Waals surface area contributed by atoms with Crippen molar-refractivity contribution < 1.29 is 19.1 Å². The second-order valence-electron chi connectivity index (χ2n) is 7.99. The van der Waals surface area contributed by atoms with Gasteiger partial charge in [-0.1, -0.05) is 31.5 Å². The highest BCUT2D eigenvalue weighted by atomic mass is 16.5. The molecule has 6 heteroatoms. The monoisotopic (exact) mass is 424 g/mol. The highest BCUT2D eigenvalue weighted by Crippen LogP contribution is 2.40. The average molecular weight is 425 g/mol. The minimum absolute atomic E-state index is 0.0246. The fourth-order valence-corrected chi connectivity index (χ4v) is 4.18. The zero-order valence-corrected chi connectivity index (χ0v) is 18.8. The normalized spacial score (nSPS) is 18.0. The van der Waals surface area contributed by atoms with E-state index in [2.05, 4.69) is 12.2 Å². The van der Waals surface area contributed by atoms with Crippen molar-refractivity contribution in [2.24, 2.45) is 5.92 Å². The molecule has 3 rings (SSSR count). The van der Waals surface area contributed by atoms with Crippen LogP contribution in [0.4, 0.5) is 0 Å². The van der Waals surface area contributed by atoms with Crippen LogP contribution < -0.4 is 14.8 Å². The zero-order valence-electron chi connectivity index (χ0n) is 18.8. The number of hydrogen-bond acceptors (Lipinski definition) is 4. The number of aryl methyl sites for hydroxylation is 1. The third kappa shape index (κ3) is 5.01. The third-order valence-electron chi connectivity index (χ3n) is 5.99. The van der Waals surface area contributed by atoms with Crippen LogP contribution in [-0.2, 0) is 4.79 Å². The van der Waals surface area contributed by atoms with Crippen molar-refractivity contribution in [1.82, 2.24) is 10.2 Å². The van der Waals surface area contributed by atoms with E-state index in [0.29, 0.717) is 36.7 Å². The Bertz CT molecular complexity index is 927. The number of methoxy groups -OCH3 is 2. The van der Waals surface area contributed by atoms with Crippen LogP contribution in [-0.4, -0.2) is 50.6 Å². The van der Waals surface area contributed by atoms with Crippen LogP contribution in [0.5, 0.6) is 11.5 Å². The fraction of sp³-hybridized carbons (Fsp3) is 0.440. The van der Waals surface area contributed by atoms with Crippen molar-refractivity contribution in [1.29, 1.82) is 0 Å². The quantitative estimate of drug-likeness (QED) is 0.655. The van der Waals surface area contributed by atoms with Gasteiger partial charge in [-0.05, 0) is 43.2 Å². The van der Waals surface area contributed by atoms with Gasteiger partial charge in [0.1, 0.15) is 11.5 Å². The van der Waals surface area contributed by atoms with Crippen LogP contribution in [0.1, 0.15) is 47.2 Å². The third-order valence-corrected chi connectivity index (χ3v) is 5.99. The molecule has 1 aliphatic heterocycles. The summed E-state index contributed by atoms with van der Waals surface area (Å²) < 4.78 is 11.0. The number of benzene rings is 2. The molecule has 2 aromatic rings. The summed E-state index contributed by atoms with van der Waals surface area (Å²) in [6, 6.07) is 13.2. The number of nitrogens with zero attached hydrogens (tertiary/aromatic N) is 1. The van der Waals surface area contributed by atoms with Crippen LogP contribution in [0.25, 0.3) is 0 Å². The molecule has 1 fully saturated rings. The molecule has 2 amide bonds. The lowest BCUT2D eigenvalue weighted by atomic mass is 9.87. The predicted molar refractivity (Wildman–Crippen MR) is 121 cm³/mol. The maximum Gasteiger partial charge on any atom is 0.254 e. The molecule has 1 heterocycles. The Morgan fingerprint density at radius 3 is 2.55 bits per heavy atom. The second kappa shape index (κ2) is 10.3. The Morgan fingerprint density at radius 2 is 1.87 bits per heavy atom. The van der Waals surface area contributed by atoms with Gasteiger partial charge in [-0.25, -0.2) is 0 Å². The van der Waals surface area contributed by atoms with E-state index in [1.807, 2.05) is 49.4 Å². The van der Waals surface area contributed by atoms with Gasteiger partial charge in [0.15, 0.2) is 0 Å². The number of unbranched alkanes of at least 4 members (excludes halogenated alkanes) is 1. The van der Waals surface area contributed by atoms with E-state index < -0.39 is 0 Å². The van der Waals surface area contributed by atoms with Gasteiger partial charge < -0.3 is 19.7 Å². The van der Waals surface area contributed by atoms with Gasteiger partial charge in [-0.2, -0.15) is 0 Å². The van der Waals surface area contributed by atoms with E-state index in [-0.39, 0.29) is 23.7 Å². The van der Waals surface area contributed by atoms with Crippen molar-refractivity contribution >= 4 is 11.8 Å². The number of hydrogen-bond donors (Lipinski definition) is 1. The number of ether oxygens (including phenoxy) is 2. The van der Waals surface area contributed by atoms with Crippen LogP contribution in [0, 0.1) is 12.8 Å². The first-order chi connectivity index (χ1) is 15.0. The lowest BCUT2D eigenvalue weighted by Gasteiger charge is -2.21. The van der Waals surface area contributed by atoms with E-state index in [1.54, 1.807) is 19.1 Å². The summed E-state index contributed by atoms with van der Waals surface area (Å²) in [6.07, 6.45) is 1.94. The van der Waals surface area contributed by atoms with E-state index >= 15 is 0 Å². The molecule has 2 aromatic carbocycles. The molecule has 0 bridgehead atoms. The smallest absolute Gasteiger partial charge is 0.254 e. The summed E-state index contributed by atoms with van der Waals surface area (Å²) in [7, 11) is 3.23. The summed E-state index contributed by atoms with van der Waals surface area (Å²) in [5, 5.41) is 3.05. The molecule has 31 heavy (non-hydrogen) atoms. The van der Waals surface area contributed by atoms with Crippen LogP contribution in [0.15, 0.2) is 42.5 Å². The highest BCUT2D eigenvalue weighted by molar-refractivity contribution is 5.96. The number of carbonyl (C=O) groups excluding carboxylic acids is 2. The maximum absolute atomic E-state index is 13.3. The Labute approximate surface area is 184 Å². The summed E-state index contributed by atoms with van der Waals surface area (Å²) in [5.41, 5.74) is 2.49. The van der Waals surface area contributed by atoms with Gasteiger partial charge in [0.2, 0.25) is 5.91 Å². The predicted octanol–water partition coefficient (Wildman–Crippen LogP) is 3.78. The van der Waals surface area contributed by atoms with Crippen molar-refractivity contribution in [2.75, 3.05) is 33.9 Å². The lowest BCUT2D eigenvalue weighted by Crippen LogP contribution is -2.36. The van der Waals surface area contributed by atoms with Gasteiger partial charge in [0.05, 0.1) is 20.1 Å². The van der Waals surface area contributed by atoms with Crippen molar-refractivity contribution in [3.05, 3.63) is 59.2 Å². The van der Waals surface area contributed by atoms with Gasteiger partial charge >= 0.3 is 0 Å². The average Bonchev–Trinajstić information content (AvgIpc) is 3.24. The minimum atomic E-state index is -0.356. The first kappa shape index (κ1) is 22.7.